The van der Waals surface area contributed by atoms with Crippen LogP contribution >= 0.6 is 0 Å². The third-order valence-corrected chi connectivity index (χ3v) is 4.03. The molecular formula is C19H18O2. The number of ketones is 1. The van der Waals surface area contributed by atoms with Crippen LogP contribution in [0.4, 0.5) is 0 Å². The summed E-state index contributed by atoms with van der Waals surface area (Å²) in [4.78, 5) is 12.7. The quantitative estimate of drug-likeness (QED) is 0.793. The number of hydrogen-bond acceptors (Lipinski definition) is 2. The van der Waals surface area contributed by atoms with Gasteiger partial charge in [0.2, 0.25) is 0 Å². The molecule has 0 fully saturated rings. The SMILES string of the molecule is Cc1cc(C)c2c(c1)C(=O)/C(=C/c1ccc(O)cc1)CC2. The molecule has 1 N–H and O–H groups in total. The molecule has 2 nitrogen and oxygen atoms in total. The largest absolute Gasteiger partial charge is 0.508 e. The van der Waals surface area contributed by atoms with E-state index in [0.29, 0.717) is 0 Å². The van der Waals surface area contributed by atoms with Gasteiger partial charge in [-0.1, -0.05) is 23.8 Å². The van der Waals surface area contributed by atoms with Crippen LogP contribution in [0.1, 0.15) is 39.0 Å². The molecular weight excluding hydrogens is 260 g/mol. The van der Waals surface area contributed by atoms with Crippen molar-refractivity contribution in [1.82, 2.24) is 0 Å². The molecule has 21 heavy (non-hydrogen) atoms. The first kappa shape index (κ1) is 13.6. The molecule has 0 radical (unpaired) electrons. The first-order chi connectivity index (χ1) is 10.0. The number of benzene rings is 2. The van der Waals surface area contributed by atoms with Gasteiger partial charge in [-0.05, 0) is 67.7 Å². The van der Waals surface area contributed by atoms with E-state index in [0.717, 1.165) is 35.1 Å². The number of allylic oxidation sites excluding steroid dienone is 1. The fraction of sp³-hybridized carbons (Fsp3) is 0.211. The lowest BCUT2D eigenvalue weighted by atomic mass is 9.83. The standard InChI is InChI=1S/C19H18O2/c1-12-9-13(2)17-8-5-15(19(21)18(17)10-12)11-14-3-6-16(20)7-4-14/h3-4,6-7,9-11,20H,5,8H2,1-2H3/b15-11+. The van der Waals surface area contributed by atoms with Crippen LogP contribution in [-0.4, -0.2) is 10.9 Å². The molecule has 0 atom stereocenters. The van der Waals surface area contributed by atoms with Crippen molar-refractivity contribution < 1.29 is 9.90 Å². The molecule has 1 aliphatic rings. The minimum absolute atomic E-state index is 0.135. The van der Waals surface area contributed by atoms with E-state index < -0.39 is 0 Å². The van der Waals surface area contributed by atoms with Gasteiger partial charge in [0.05, 0.1) is 0 Å². The number of hydrogen-bond donors (Lipinski definition) is 1. The maximum atomic E-state index is 12.7. The van der Waals surface area contributed by atoms with Crippen molar-refractivity contribution in [2.75, 3.05) is 0 Å². The number of carbonyl (C=O) groups is 1. The lowest BCUT2D eigenvalue weighted by molar-refractivity contribution is 0.102. The molecule has 0 bridgehead atoms. The Kier molecular flexibility index (Phi) is 3.38. The molecule has 0 saturated carbocycles. The molecule has 0 saturated heterocycles. The van der Waals surface area contributed by atoms with E-state index in [1.165, 1.54) is 11.1 Å². The third kappa shape index (κ3) is 2.62. The summed E-state index contributed by atoms with van der Waals surface area (Å²) >= 11 is 0. The lowest BCUT2D eigenvalue weighted by Gasteiger charge is -2.20. The molecule has 0 amide bonds. The van der Waals surface area contributed by atoms with Gasteiger partial charge in [-0.2, -0.15) is 0 Å². The van der Waals surface area contributed by atoms with E-state index in [9.17, 15) is 9.90 Å². The minimum Gasteiger partial charge on any atom is -0.508 e. The van der Waals surface area contributed by atoms with Gasteiger partial charge < -0.3 is 5.11 Å². The van der Waals surface area contributed by atoms with E-state index >= 15 is 0 Å². The number of phenolic OH excluding ortho intramolecular Hbond substituents is 1. The summed E-state index contributed by atoms with van der Waals surface area (Å²) in [7, 11) is 0. The highest BCUT2D eigenvalue weighted by Gasteiger charge is 2.23. The molecule has 0 spiro atoms. The van der Waals surface area contributed by atoms with E-state index in [4.69, 9.17) is 0 Å². The fourth-order valence-electron chi connectivity index (χ4n) is 2.99. The molecule has 106 valence electrons. The molecule has 0 aromatic heterocycles. The van der Waals surface area contributed by atoms with Crippen molar-refractivity contribution in [2.45, 2.75) is 26.7 Å². The fourth-order valence-corrected chi connectivity index (χ4v) is 2.99. The summed E-state index contributed by atoms with van der Waals surface area (Å²) in [6.07, 6.45) is 3.62. The van der Waals surface area contributed by atoms with E-state index in [1.807, 2.05) is 31.2 Å². The second-order valence-corrected chi connectivity index (χ2v) is 5.70. The first-order valence-corrected chi connectivity index (χ1v) is 7.19. The Morgan fingerprint density at radius 2 is 1.76 bits per heavy atom. The Morgan fingerprint density at radius 3 is 2.48 bits per heavy atom. The highest BCUT2D eigenvalue weighted by molar-refractivity contribution is 6.13. The monoisotopic (exact) mass is 278 g/mol. The number of Topliss-reactive ketones (excluding diaryl/α,β-unsaturated/α-hetero) is 1. The number of carbonyl (C=O) groups excluding carboxylic acids is 1. The second kappa shape index (κ2) is 5.21. The Balaban J connectivity index is 2.00. The van der Waals surface area contributed by atoms with Crippen LogP contribution in [0.25, 0.3) is 6.08 Å². The molecule has 3 rings (SSSR count). The summed E-state index contributed by atoms with van der Waals surface area (Å²) in [5.41, 5.74) is 6.17. The van der Waals surface area contributed by atoms with Gasteiger partial charge in [-0.25, -0.2) is 0 Å². The molecule has 2 aromatic rings. The van der Waals surface area contributed by atoms with Gasteiger partial charge in [-0.15, -0.1) is 0 Å². The van der Waals surface area contributed by atoms with Crippen molar-refractivity contribution in [1.29, 1.82) is 0 Å². The zero-order chi connectivity index (χ0) is 15.0. The van der Waals surface area contributed by atoms with Crippen molar-refractivity contribution in [3.05, 3.63) is 69.8 Å². The van der Waals surface area contributed by atoms with Gasteiger partial charge >= 0.3 is 0 Å². The zero-order valence-electron chi connectivity index (χ0n) is 12.3. The zero-order valence-corrected chi connectivity index (χ0v) is 12.3. The summed E-state index contributed by atoms with van der Waals surface area (Å²) in [5.74, 6) is 0.375. The minimum atomic E-state index is 0.135. The van der Waals surface area contributed by atoms with E-state index in [-0.39, 0.29) is 11.5 Å². The van der Waals surface area contributed by atoms with Crippen LogP contribution in [0.2, 0.25) is 0 Å². The van der Waals surface area contributed by atoms with Crippen molar-refractivity contribution in [2.24, 2.45) is 0 Å². The molecule has 0 heterocycles. The Hall–Kier alpha value is -2.35. The van der Waals surface area contributed by atoms with Crippen molar-refractivity contribution in [3.63, 3.8) is 0 Å². The van der Waals surface area contributed by atoms with Crippen LogP contribution in [0.3, 0.4) is 0 Å². The van der Waals surface area contributed by atoms with Crippen LogP contribution in [-0.2, 0) is 6.42 Å². The van der Waals surface area contributed by atoms with Crippen LogP contribution in [0.5, 0.6) is 5.75 Å². The first-order valence-electron chi connectivity index (χ1n) is 7.19. The van der Waals surface area contributed by atoms with Gasteiger partial charge in [-0.3, -0.25) is 4.79 Å². The van der Waals surface area contributed by atoms with E-state index in [1.54, 1.807) is 12.1 Å². The highest BCUT2D eigenvalue weighted by atomic mass is 16.3. The van der Waals surface area contributed by atoms with Gasteiger partial charge in [0.15, 0.2) is 5.78 Å². The Bertz CT molecular complexity index is 737. The molecule has 2 heteroatoms. The summed E-state index contributed by atoms with van der Waals surface area (Å²) < 4.78 is 0. The second-order valence-electron chi connectivity index (χ2n) is 5.70. The van der Waals surface area contributed by atoms with Gasteiger partial charge in [0, 0.05) is 11.1 Å². The predicted molar refractivity (Wildman–Crippen MR) is 84.7 cm³/mol. The van der Waals surface area contributed by atoms with Crippen LogP contribution in [0.15, 0.2) is 42.0 Å². The van der Waals surface area contributed by atoms with Crippen LogP contribution in [0, 0.1) is 13.8 Å². The molecule has 0 unspecified atom stereocenters. The number of rotatable bonds is 1. The number of fused-ring (bicyclic) bond motifs is 1. The molecule has 0 aliphatic heterocycles. The summed E-state index contributed by atoms with van der Waals surface area (Å²) in [6.45, 7) is 4.10. The number of aryl methyl sites for hydroxylation is 2. The topological polar surface area (TPSA) is 37.3 Å². The van der Waals surface area contributed by atoms with Gasteiger partial charge in [0.1, 0.15) is 5.75 Å². The van der Waals surface area contributed by atoms with Crippen LogP contribution < -0.4 is 0 Å². The lowest BCUT2D eigenvalue weighted by Crippen LogP contribution is -2.15. The summed E-state index contributed by atoms with van der Waals surface area (Å²) in [5, 5.41) is 9.32. The molecule has 1 aliphatic carbocycles. The maximum absolute atomic E-state index is 12.7. The van der Waals surface area contributed by atoms with Crippen molar-refractivity contribution >= 4 is 11.9 Å². The Labute approximate surface area is 124 Å². The molecule has 2 aromatic carbocycles. The predicted octanol–water partition coefficient (Wildman–Crippen LogP) is 4.22. The van der Waals surface area contributed by atoms with E-state index in [2.05, 4.69) is 13.0 Å². The summed E-state index contributed by atoms with van der Waals surface area (Å²) in [6, 6.07) is 11.1. The third-order valence-electron chi connectivity index (χ3n) is 4.03. The Morgan fingerprint density at radius 1 is 1.05 bits per heavy atom. The maximum Gasteiger partial charge on any atom is 0.189 e. The number of phenols is 1. The highest BCUT2D eigenvalue weighted by Crippen LogP contribution is 2.30. The number of aromatic hydroxyl groups is 1. The van der Waals surface area contributed by atoms with Crippen molar-refractivity contribution in [3.8, 4) is 5.75 Å². The smallest absolute Gasteiger partial charge is 0.189 e. The average molecular weight is 278 g/mol. The average Bonchev–Trinajstić information content (AvgIpc) is 2.45. The normalized spacial score (nSPS) is 16.1. The van der Waals surface area contributed by atoms with Gasteiger partial charge in [0.25, 0.3) is 0 Å².